The van der Waals surface area contributed by atoms with Crippen molar-refractivity contribution in [3.8, 4) is 0 Å². The maximum absolute atomic E-state index is 11.8. The quantitative estimate of drug-likeness (QED) is 0.818. The summed E-state index contributed by atoms with van der Waals surface area (Å²) in [6.07, 6.45) is 7.04. The Kier molecular flexibility index (Phi) is 5.82. The Hall–Kier alpha value is -1.92. The number of carbonyl (C=O) groups is 1. The molecule has 0 aromatic carbocycles. The van der Waals surface area contributed by atoms with Crippen LogP contribution < -0.4 is 5.32 Å². The summed E-state index contributed by atoms with van der Waals surface area (Å²) in [6, 6.07) is 3.63. The number of thiazole rings is 1. The van der Waals surface area contributed by atoms with Crippen molar-refractivity contribution in [2.24, 2.45) is 5.92 Å². The second kappa shape index (κ2) is 8.26. The zero-order valence-corrected chi connectivity index (χ0v) is 14.7. The van der Waals surface area contributed by atoms with Gasteiger partial charge in [0.05, 0.1) is 17.0 Å². The topological polar surface area (TPSA) is 58.4 Å². The van der Waals surface area contributed by atoms with Crippen LogP contribution in [0.3, 0.4) is 0 Å². The second-order valence-electron chi connectivity index (χ2n) is 6.17. The highest BCUT2D eigenvalue weighted by Crippen LogP contribution is 2.19. The fourth-order valence-electron chi connectivity index (χ4n) is 2.91. The highest BCUT2D eigenvalue weighted by Gasteiger charge is 2.20. The van der Waals surface area contributed by atoms with Crippen molar-refractivity contribution in [2.45, 2.75) is 26.3 Å². The second-order valence-corrected chi connectivity index (χ2v) is 7.23. The lowest BCUT2D eigenvalue weighted by Gasteiger charge is -2.31. The molecule has 1 fully saturated rings. The van der Waals surface area contributed by atoms with Gasteiger partial charge in [0, 0.05) is 24.5 Å². The Labute approximate surface area is 146 Å². The van der Waals surface area contributed by atoms with Gasteiger partial charge >= 0.3 is 0 Å². The number of amides is 1. The number of aryl methyl sites for hydroxylation is 1. The van der Waals surface area contributed by atoms with Crippen LogP contribution in [0.1, 0.15) is 29.3 Å². The van der Waals surface area contributed by atoms with Crippen molar-refractivity contribution < 1.29 is 9.21 Å². The van der Waals surface area contributed by atoms with Gasteiger partial charge in [0.2, 0.25) is 5.91 Å². The minimum absolute atomic E-state index is 0.0632. The number of hydrogen-bond acceptors (Lipinski definition) is 5. The van der Waals surface area contributed by atoms with Gasteiger partial charge in [-0.25, -0.2) is 4.98 Å². The molecule has 128 valence electrons. The first-order valence-electron chi connectivity index (χ1n) is 8.32. The molecule has 6 heteroatoms. The highest BCUT2D eigenvalue weighted by molar-refractivity contribution is 7.09. The number of carbonyl (C=O) groups excluding carboxylic acids is 1. The molecule has 5 nitrogen and oxygen atoms in total. The van der Waals surface area contributed by atoms with E-state index >= 15 is 0 Å². The molecule has 3 heterocycles. The van der Waals surface area contributed by atoms with Crippen LogP contribution in [0.25, 0.3) is 6.08 Å². The molecule has 3 rings (SSSR count). The molecular weight excluding hydrogens is 322 g/mol. The van der Waals surface area contributed by atoms with Crippen LogP contribution in [0.5, 0.6) is 0 Å². The molecule has 0 atom stereocenters. The first kappa shape index (κ1) is 16.9. The van der Waals surface area contributed by atoms with Crippen molar-refractivity contribution in [2.75, 3.05) is 19.6 Å². The molecule has 2 aromatic heterocycles. The SMILES string of the molecule is Cc1nc(CN2CCC(CNC(=O)C=Cc3ccco3)CC2)cs1. The van der Waals surface area contributed by atoms with Gasteiger partial charge in [-0.2, -0.15) is 0 Å². The molecule has 0 saturated carbocycles. The van der Waals surface area contributed by atoms with E-state index in [9.17, 15) is 4.79 Å². The van der Waals surface area contributed by atoms with Gasteiger partial charge in [-0.05, 0) is 57.0 Å². The zero-order chi connectivity index (χ0) is 16.8. The number of nitrogens with zero attached hydrogens (tertiary/aromatic N) is 2. The van der Waals surface area contributed by atoms with Gasteiger partial charge < -0.3 is 9.73 Å². The fourth-order valence-corrected chi connectivity index (χ4v) is 3.51. The smallest absolute Gasteiger partial charge is 0.244 e. The fraction of sp³-hybridized carbons (Fsp3) is 0.444. The molecule has 0 spiro atoms. The van der Waals surface area contributed by atoms with Crippen LogP contribution in [-0.4, -0.2) is 35.4 Å². The summed E-state index contributed by atoms with van der Waals surface area (Å²) in [6.45, 7) is 5.86. The van der Waals surface area contributed by atoms with Gasteiger partial charge in [-0.1, -0.05) is 0 Å². The van der Waals surface area contributed by atoms with E-state index in [4.69, 9.17) is 4.42 Å². The Morgan fingerprint density at radius 3 is 3.00 bits per heavy atom. The van der Waals surface area contributed by atoms with Gasteiger partial charge in [0.25, 0.3) is 0 Å². The molecule has 1 aliphatic rings. The van der Waals surface area contributed by atoms with E-state index < -0.39 is 0 Å². The van der Waals surface area contributed by atoms with Gasteiger partial charge in [0.15, 0.2) is 0 Å². The van der Waals surface area contributed by atoms with E-state index in [0.717, 1.165) is 44.0 Å². The van der Waals surface area contributed by atoms with Crippen LogP contribution in [0.2, 0.25) is 0 Å². The average Bonchev–Trinajstić information content (AvgIpc) is 3.24. The third-order valence-corrected chi connectivity index (χ3v) is 5.09. The van der Waals surface area contributed by atoms with Crippen molar-refractivity contribution in [1.82, 2.24) is 15.2 Å². The number of nitrogens with one attached hydrogen (secondary N) is 1. The van der Waals surface area contributed by atoms with Crippen molar-refractivity contribution in [3.63, 3.8) is 0 Å². The minimum atomic E-state index is -0.0632. The molecule has 0 unspecified atom stereocenters. The van der Waals surface area contributed by atoms with E-state index in [0.29, 0.717) is 11.7 Å². The van der Waals surface area contributed by atoms with Crippen LogP contribution >= 0.6 is 11.3 Å². The van der Waals surface area contributed by atoms with Crippen molar-refractivity contribution >= 4 is 23.3 Å². The Bertz CT molecular complexity index is 670. The van der Waals surface area contributed by atoms with Gasteiger partial charge in [0.1, 0.15) is 5.76 Å². The summed E-state index contributed by atoms with van der Waals surface area (Å²) < 4.78 is 5.16. The summed E-state index contributed by atoms with van der Waals surface area (Å²) in [5.74, 6) is 1.18. The summed E-state index contributed by atoms with van der Waals surface area (Å²) in [4.78, 5) is 18.8. The summed E-state index contributed by atoms with van der Waals surface area (Å²) in [5.41, 5.74) is 1.17. The third kappa shape index (κ3) is 5.04. The zero-order valence-electron chi connectivity index (χ0n) is 13.9. The lowest BCUT2D eigenvalue weighted by Crippen LogP contribution is -2.38. The van der Waals surface area contributed by atoms with E-state index in [2.05, 4.69) is 20.6 Å². The van der Waals surface area contributed by atoms with Crippen molar-refractivity contribution in [3.05, 3.63) is 46.3 Å². The van der Waals surface area contributed by atoms with E-state index in [-0.39, 0.29) is 5.91 Å². The molecule has 0 aliphatic carbocycles. The summed E-state index contributed by atoms with van der Waals surface area (Å²) in [5, 5.41) is 6.26. The maximum atomic E-state index is 11.8. The lowest BCUT2D eigenvalue weighted by atomic mass is 9.96. The molecule has 2 aromatic rings. The Balaban J connectivity index is 1.35. The molecule has 1 amide bonds. The Morgan fingerprint density at radius 1 is 1.50 bits per heavy atom. The monoisotopic (exact) mass is 345 g/mol. The number of furan rings is 1. The maximum Gasteiger partial charge on any atom is 0.244 e. The van der Waals surface area contributed by atoms with Gasteiger partial charge in [-0.3, -0.25) is 9.69 Å². The molecule has 24 heavy (non-hydrogen) atoms. The van der Waals surface area contributed by atoms with Crippen molar-refractivity contribution in [1.29, 1.82) is 0 Å². The normalized spacial score (nSPS) is 16.7. The summed E-state index contributed by atoms with van der Waals surface area (Å²) in [7, 11) is 0. The Morgan fingerprint density at radius 2 is 2.33 bits per heavy atom. The predicted octanol–water partition coefficient (Wildman–Crippen LogP) is 3.09. The number of piperidine rings is 1. The lowest BCUT2D eigenvalue weighted by molar-refractivity contribution is -0.116. The van der Waals surface area contributed by atoms with Crippen LogP contribution in [0.4, 0.5) is 0 Å². The van der Waals surface area contributed by atoms with E-state index in [1.54, 1.807) is 29.7 Å². The highest BCUT2D eigenvalue weighted by atomic mass is 32.1. The van der Waals surface area contributed by atoms with E-state index in [1.165, 1.54) is 11.8 Å². The van der Waals surface area contributed by atoms with Crippen LogP contribution in [0.15, 0.2) is 34.3 Å². The van der Waals surface area contributed by atoms with E-state index in [1.807, 2.05) is 13.0 Å². The standard InChI is InChI=1S/C18H23N3O2S/c1-14-20-16(13-24-14)12-21-8-6-15(7-9-21)11-19-18(22)5-4-17-3-2-10-23-17/h2-5,10,13,15H,6-9,11-12H2,1H3,(H,19,22). The molecular formula is C18H23N3O2S. The molecule has 0 bridgehead atoms. The number of likely N-dealkylation sites (tertiary alicyclic amines) is 1. The number of aromatic nitrogens is 1. The minimum Gasteiger partial charge on any atom is -0.465 e. The number of hydrogen-bond donors (Lipinski definition) is 1. The van der Waals surface area contributed by atoms with Crippen LogP contribution in [0, 0.1) is 12.8 Å². The molecule has 1 aliphatic heterocycles. The van der Waals surface area contributed by atoms with Crippen LogP contribution in [-0.2, 0) is 11.3 Å². The predicted molar refractivity (Wildman–Crippen MR) is 95.6 cm³/mol. The first-order chi connectivity index (χ1) is 11.7. The third-order valence-electron chi connectivity index (χ3n) is 4.27. The molecule has 1 N–H and O–H groups in total. The molecule has 0 radical (unpaired) electrons. The molecule has 1 saturated heterocycles. The summed E-state index contributed by atoms with van der Waals surface area (Å²) >= 11 is 1.71. The average molecular weight is 345 g/mol. The largest absolute Gasteiger partial charge is 0.465 e. The number of rotatable bonds is 6. The van der Waals surface area contributed by atoms with Gasteiger partial charge in [-0.15, -0.1) is 11.3 Å². The first-order valence-corrected chi connectivity index (χ1v) is 9.20.